The summed E-state index contributed by atoms with van der Waals surface area (Å²) < 4.78 is 0. The van der Waals surface area contributed by atoms with Crippen molar-refractivity contribution in [1.29, 1.82) is 0 Å². The Balaban J connectivity index is 2.30. The lowest BCUT2D eigenvalue weighted by molar-refractivity contribution is -0.0331. The number of hydrogen-bond donors (Lipinski definition) is 1. The fourth-order valence-corrected chi connectivity index (χ4v) is 3.53. The molecule has 0 saturated heterocycles. The van der Waals surface area contributed by atoms with Crippen LogP contribution >= 0.6 is 11.6 Å². The van der Waals surface area contributed by atoms with E-state index in [1.807, 2.05) is 19.1 Å². The van der Waals surface area contributed by atoms with Crippen molar-refractivity contribution in [1.82, 2.24) is 0 Å². The predicted octanol–water partition coefficient (Wildman–Crippen LogP) is 5.02. The molecule has 3 unspecified atom stereocenters. The zero-order chi connectivity index (χ0) is 14.3. The summed E-state index contributed by atoms with van der Waals surface area (Å²) in [6, 6.07) is 8.24. The smallest absolute Gasteiger partial charge is 0.0623 e. The van der Waals surface area contributed by atoms with Crippen molar-refractivity contribution >= 4 is 11.6 Å². The van der Waals surface area contributed by atoms with Crippen LogP contribution in [0.25, 0.3) is 0 Å². The average molecular weight is 281 g/mol. The molecule has 106 valence electrons. The lowest BCUT2D eigenvalue weighted by Gasteiger charge is -2.46. The third-order valence-electron chi connectivity index (χ3n) is 4.55. The zero-order valence-electron chi connectivity index (χ0n) is 12.4. The summed E-state index contributed by atoms with van der Waals surface area (Å²) >= 11 is 5.98. The van der Waals surface area contributed by atoms with Crippen LogP contribution < -0.4 is 0 Å². The van der Waals surface area contributed by atoms with Gasteiger partial charge in [0.15, 0.2) is 0 Å². The van der Waals surface area contributed by atoms with Crippen molar-refractivity contribution in [3.63, 3.8) is 0 Å². The van der Waals surface area contributed by atoms with Crippen molar-refractivity contribution in [2.45, 2.75) is 58.5 Å². The minimum atomic E-state index is -0.513. The first-order valence-electron chi connectivity index (χ1n) is 7.17. The molecule has 2 rings (SSSR count). The minimum absolute atomic E-state index is 0.203. The van der Waals surface area contributed by atoms with Crippen LogP contribution in [0, 0.1) is 11.3 Å². The Labute approximate surface area is 122 Å². The molecule has 1 nitrogen and oxygen atoms in total. The van der Waals surface area contributed by atoms with E-state index in [4.69, 9.17) is 11.6 Å². The van der Waals surface area contributed by atoms with Crippen LogP contribution in [0.1, 0.15) is 58.4 Å². The maximum absolute atomic E-state index is 10.4. The van der Waals surface area contributed by atoms with Gasteiger partial charge in [0, 0.05) is 5.02 Å². The summed E-state index contributed by atoms with van der Waals surface area (Å²) in [7, 11) is 0. The molecular weight excluding hydrogens is 256 g/mol. The summed E-state index contributed by atoms with van der Waals surface area (Å²) in [6.07, 6.45) is 2.81. The third-order valence-corrected chi connectivity index (χ3v) is 4.80. The van der Waals surface area contributed by atoms with Gasteiger partial charge in [-0.2, -0.15) is 0 Å². The first kappa shape index (κ1) is 14.9. The fraction of sp³-hybridized carbons (Fsp3) is 0.647. The molecule has 0 amide bonds. The molecule has 0 heterocycles. The largest absolute Gasteiger partial charge is 0.390 e. The Morgan fingerprint density at radius 1 is 1.21 bits per heavy atom. The molecule has 0 aliphatic heterocycles. The van der Waals surface area contributed by atoms with E-state index in [0.717, 1.165) is 24.3 Å². The number of rotatable bonds is 1. The molecule has 2 heteroatoms. The van der Waals surface area contributed by atoms with Gasteiger partial charge in [0.05, 0.1) is 5.60 Å². The van der Waals surface area contributed by atoms with Crippen LogP contribution in [-0.4, -0.2) is 10.7 Å². The highest BCUT2D eigenvalue weighted by atomic mass is 35.5. The SMILES string of the molecule is CC1(O)CCC(c2ccc(Cl)cc2)C(C(C)(C)C)C1. The van der Waals surface area contributed by atoms with E-state index in [-0.39, 0.29) is 5.41 Å². The van der Waals surface area contributed by atoms with Crippen molar-refractivity contribution in [2.75, 3.05) is 0 Å². The Morgan fingerprint density at radius 2 is 1.79 bits per heavy atom. The topological polar surface area (TPSA) is 20.2 Å². The summed E-state index contributed by atoms with van der Waals surface area (Å²) in [5, 5.41) is 11.2. The van der Waals surface area contributed by atoms with E-state index in [0.29, 0.717) is 11.8 Å². The highest BCUT2D eigenvalue weighted by molar-refractivity contribution is 6.30. The molecular formula is C17H25ClO. The van der Waals surface area contributed by atoms with Gasteiger partial charge in [0.1, 0.15) is 0 Å². The highest BCUT2D eigenvalue weighted by Gasteiger charge is 2.42. The lowest BCUT2D eigenvalue weighted by Crippen LogP contribution is -2.41. The predicted molar refractivity (Wildman–Crippen MR) is 81.6 cm³/mol. The van der Waals surface area contributed by atoms with Crippen LogP contribution in [0.2, 0.25) is 5.02 Å². The van der Waals surface area contributed by atoms with Gasteiger partial charge in [-0.1, -0.05) is 44.5 Å². The van der Waals surface area contributed by atoms with E-state index in [9.17, 15) is 5.11 Å². The number of benzene rings is 1. The Bertz CT molecular complexity index is 428. The summed E-state index contributed by atoms with van der Waals surface area (Å²) in [6.45, 7) is 8.82. The Hall–Kier alpha value is -0.530. The molecule has 0 bridgehead atoms. The number of hydrogen-bond acceptors (Lipinski definition) is 1. The second-order valence-electron chi connectivity index (χ2n) is 7.37. The van der Waals surface area contributed by atoms with Crippen LogP contribution in [0.4, 0.5) is 0 Å². The highest BCUT2D eigenvalue weighted by Crippen LogP contribution is 2.49. The van der Waals surface area contributed by atoms with Crippen molar-refractivity contribution in [3.8, 4) is 0 Å². The molecule has 0 radical (unpaired) electrons. The summed E-state index contributed by atoms with van der Waals surface area (Å²) in [5.41, 5.74) is 1.05. The monoisotopic (exact) mass is 280 g/mol. The van der Waals surface area contributed by atoms with Crippen LogP contribution in [-0.2, 0) is 0 Å². The van der Waals surface area contributed by atoms with Gasteiger partial charge in [0.25, 0.3) is 0 Å². The van der Waals surface area contributed by atoms with Crippen LogP contribution in [0.15, 0.2) is 24.3 Å². The van der Waals surface area contributed by atoms with Crippen LogP contribution in [0.5, 0.6) is 0 Å². The molecule has 1 N–H and O–H groups in total. The van der Waals surface area contributed by atoms with Crippen LogP contribution in [0.3, 0.4) is 0 Å². The van der Waals surface area contributed by atoms with Crippen molar-refractivity contribution in [2.24, 2.45) is 11.3 Å². The maximum Gasteiger partial charge on any atom is 0.0623 e. The first-order chi connectivity index (χ1) is 8.69. The summed E-state index contributed by atoms with van der Waals surface area (Å²) in [5.74, 6) is 1.02. The molecule has 0 spiro atoms. The van der Waals surface area contributed by atoms with E-state index < -0.39 is 5.60 Å². The molecule has 1 aliphatic carbocycles. The zero-order valence-corrected chi connectivity index (χ0v) is 13.2. The van der Waals surface area contributed by atoms with E-state index >= 15 is 0 Å². The van der Waals surface area contributed by atoms with Gasteiger partial charge in [-0.15, -0.1) is 0 Å². The molecule has 1 aliphatic rings. The molecule has 3 atom stereocenters. The van der Waals surface area contributed by atoms with Gasteiger partial charge < -0.3 is 5.11 Å². The lowest BCUT2D eigenvalue weighted by atomic mass is 9.61. The van der Waals surface area contributed by atoms with E-state index in [2.05, 4.69) is 32.9 Å². The van der Waals surface area contributed by atoms with Gasteiger partial charge in [-0.25, -0.2) is 0 Å². The van der Waals surface area contributed by atoms with Crippen molar-refractivity contribution in [3.05, 3.63) is 34.9 Å². The van der Waals surface area contributed by atoms with E-state index in [1.165, 1.54) is 5.56 Å². The number of aliphatic hydroxyl groups is 1. The third kappa shape index (κ3) is 3.52. The van der Waals surface area contributed by atoms with Gasteiger partial charge >= 0.3 is 0 Å². The Kier molecular flexibility index (Phi) is 3.99. The molecule has 1 aromatic carbocycles. The average Bonchev–Trinajstić information content (AvgIpc) is 2.28. The quantitative estimate of drug-likeness (QED) is 0.766. The maximum atomic E-state index is 10.4. The van der Waals surface area contributed by atoms with Crippen molar-refractivity contribution < 1.29 is 5.11 Å². The minimum Gasteiger partial charge on any atom is -0.390 e. The molecule has 19 heavy (non-hydrogen) atoms. The second kappa shape index (κ2) is 5.10. The molecule has 1 fully saturated rings. The number of halogens is 1. The fourth-order valence-electron chi connectivity index (χ4n) is 3.40. The van der Waals surface area contributed by atoms with Gasteiger partial charge in [-0.05, 0) is 61.1 Å². The molecule has 1 saturated carbocycles. The van der Waals surface area contributed by atoms with E-state index in [1.54, 1.807) is 0 Å². The normalized spacial score (nSPS) is 32.3. The summed E-state index contributed by atoms with van der Waals surface area (Å²) in [4.78, 5) is 0. The van der Waals surface area contributed by atoms with Gasteiger partial charge in [0.2, 0.25) is 0 Å². The first-order valence-corrected chi connectivity index (χ1v) is 7.55. The molecule has 1 aromatic rings. The molecule has 0 aromatic heterocycles. The second-order valence-corrected chi connectivity index (χ2v) is 7.81. The Morgan fingerprint density at radius 3 is 2.32 bits per heavy atom. The standard InChI is InChI=1S/C17H25ClO/c1-16(2,3)15-11-17(4,19)10-9-14(15)12-5-7-13(18)8-6-12/h5-8,14-15,19H,9-11H2,1-4H3. The van der Waals surface area contributed by atoms with Gasteiger partial charge in [-0.3, -0.25) is 0 Å².